The molecule has 2 aliphatic heterocycles. The minimum atomic E-state index is -3.22. The Kier molecular flexibility index (Phi) is 5.76. The number of nitrogens with one attached hydrogen (secondary N) is 1. The molecule has 0 aromatic heterocycles. The van der Waals surface area contributed by atoms with Gasteiger partial charge in [-0.15, -0.1) is 0 Å². The molecule has 4 rings (SSSR count). The first kappa shape index (κ1) is 20.4. The van der Waals surface area contributed by atoms with Crippen molar-refractivity contribution in [2.45, 2.75) is 19.3 Å². The van der Waals surface area contributed by atoms with Gasteiger partial charge in [-0.1, -0.05) is 30.3 Å². The Balaban J connectivity index is 1.32. The Morgan fingerprint density at radius 1 is 1.07 bits per heavy atom. The summed E-state index contributed by atoms with van der Waals surface area (Å²) in [6.07, 6.45) is 1.60. The number of likely N-dealkylation sites (tertiary alicyclic amines) is 1. The zero-order valence-corrected chi connectivity index (χ0v) is 17.5. The largest absolute Gasteiger partial charge is 0.342 e. The quantitative estimate of drug-likeness (QED) is 0.766. The van der Waals surface area contributed by atoms with Crippen LogP contribution in [0.25, 0.3) is 0 Å². The molecule has 0 aliphatic carbocycles. The maximum atomic E-state index is 12.6. The lowest BCUT2D eigenvalue weighted by atomic mass is 10.1. The van der Waals surface area contributed by atoms with E-state index in [4.69, 9.17) is 0 Å². The lowest BCUT2D eigenvalue weighted by molar-refractivity contribution is -0.128. The van der Waals surface area contributed by atoms with E-state index in [0.29, 0.717) is 37.4 Å². The summed E-state index contributed by atoms with van der Waals surface area (Å²) in [5.41, 5.74) is 2.36. The molecule has 2 amide bonds. The number of sulfonamides is 1. The van der Waals surface area contributed by atoms with Gasteiger partial charge in [0.25, 0.3) is 0 Å². The lowest BCUT2D eigenvalue weighted by Gasteiger charge is -2.18. The Morgan fingerprint density at radius 3 is 2.47 bits per heavy atom. The fourth-order valence-electron chi connectivity index (χ4n) is 3.96. The second-order valence-electron chi connectivity index (χ2n) is 7.75. The number of nitrogens with zero attached hydrogens (tertiary/aromatic N) is 2. The van der Waals surface area contributed by atoms with E-state index in [1.807, 2.05) is 30.3 Å². The first-order valence-electron chi connectivity index (χ1n) is 10.2. The highest BCUT2D eigenvalue weighted by Gasteiger charge is 2.34. The van der Waals surface area contributed by atoms with E-state index < -0.39 is 10.0 Å². The Labute approximate surface area is 176 Å². The first-order valence-corrected chi connectivity index (χ1v) is 11.8. The molecule has 0 radical (unpaired) electrons. The van der Waals surface area contributed by atoms with Gasteiger partial charge >= 0.3 is 0 Å². The Hall–Kier alpha value is -2.87. The first-order chi connectivity index (χ1) is 14.4. The summed E-state index contributed by atoms with van der Waals surface area (Å²) >= 11 is 0. The summed E-state index contributed by atoms with van der Waals surface area (Å²) < 4.78 is 25.4. The standard InChI is InChI=1S/C22H25N3O4S/c26-21-15-18(16-24(21)13-11-17-5-2-1-3-6-17)22(27)23-19-7-9-20(10-8-19)25-12-4-14-30(25,28)29/h1-3,5-10,18H,4,11-16H2,(H,23,27)/t18-/m0/s1. The molecule has 2 aliphatic rings. The van der Waals surface area contributed by atoms with Crippen LogP contribution in [0.15, 0.2) is 54.6 Å². The highest BCUT2D eigenvalue weighted by Crippen LogP contribution is 2.26. The van der Waals surface area contributed by atoms with Gasteiger partial charge in [0.2, 0.25) is 21.8 Å². The number of anilines is 2. The summed E-state index contributed by atoms with van der Waals surface area (Å²) in [4.78, 5) is 26.7. The Morgan fingerprint density at radius 2 is 1.80 bits per heavy atom. The second kappa shape index (κ2) is 8.47. The molecule has 0 spiro atoms. The number of benzene rings is 2. The molecule has 158 valence electrons. The smallest absolute Gasteiger partial charge is 0.235 e. The molecule has 0 bridgehead atoms. The summed E-state index contributed by atoms with van der Waals surface area (Å²) in [5, 5.41) is 2.85. The number of rotatable bonds is 6. The van der Waals surface area contributed by atoms with Crippen molar-refractivity contribution in [1.29, 1.82) is 0 Å². The second-order valence-corrected chi connectivity index (χ2v) is 9.77. The molecule has 0 unspecified atom stereocenters. The van der Waals surface area contributed by atoms with Gasteiger partial charge in [-0.2, -0.15) is 0 Å². The molecule has 2 fully saturated rings. The van der Waals surface area contributed by atoms with Gasteiger partial charge in [-0.25, -0.2) is 8.42 Å². The fourth-order valence-corrected chi connectivity index (χ4v) is 5.52. The van der Waals surface area contributed by atoms with E-state index >= 15 is 0 Å². The van der Waals surface area contributed by atoms with Gasteiger partial charge in [0.1, 0.15) is 0 Å². The number of hydrogen-bond donors (Lipinski definition) is 1. The molecule has 0 saturated carbocycles. The van der Waals surface area contributed by atoms with Crippen molar-refractivity contribution in [1.82, 2.24) is 4.90 Å². The van der Waals surface area contributed by atoms with Crippen molar-refractivity contribution in [2.75, 3.05) is 35.0 Å². The maximum Gasteiger partial charge on any atom is 0.235 e. The van der Waals surface area contributed by atoms with Crippen molar-refractivity contribution in [2.24, 2.45) is 5.92 Å². The van der Waals surface area contributed by atoms with E-state index in [1.54, 1.807) is 29.2 Å². The minimum Gasteiger partial charge on any atom is -0.342 e. The highest BCUT2D eigenvalue weighted by molar-refractivity contribution is 7.93. The van der Waals surface area contributed by atoms with Gasteiger partial charge in [0, 0.05) is 31.7 Å². The molecule has 1 atom stereocenters. The van der Waals surface area contributed by atoms with Gasteiger partial charge in [-0.3, -0.25) is 13.9 Å². The molecule has 1 N–H and O–H groups in total. The van der Waals surface area contributed by atoms with Crippen LogP contribution in [0.4, 0.5) is 11.4 Å². The van der Waals surface area contributed by atoms with Crippen molar-refractivity contribution in [3.8, 4) is 0 Å². The molecular formula is C22H25N3O4S. The number of amides is 2. The average Bonchev–Trinajstić information content (AvgIpc) is 3.29. The van der Waals surface area contributed by atoms with Crippen molar-refractivity contribution in [3.63, 3.8) is 0 Å². The summed E-state index contributed by atoms with van der Waals surface area (Å²) in [7, 11) is -3.22. The van der Waals surface area contributed by atoms with Gasteiger partial charge < -0.3 is 10.2 Å². The van der Waals surface area contributed by atoms with Crippen molar-refractivity contribution < 1.29 is 18.0 Å². The number of carbonyl (C=O) groups is 2. The van der Waals surface area contributed by atoms with Crippen molar-refractivity contribution >= 4 is 33.2 Å². The van der Waals surface area contributed by atoms with Crippen LogP contribution >= 0.6 is 0 Å². The summed E-state index contributed by atoms with van der Waals surface area (Å²) in [5.74, 6) is -0.401. The SMILES string of the molecule is O=C(Nc1ccc(N2CCCS2(=O)=O)cc1)[C@H]1CC(=O)N(CCc2ccccc2)C1. The molecule has 2 aromatic carbocycles. The number of hydrogen-bond acceptors (Lipinski definition) is 4. The molecule has 7 nitrogen and oxygen atoms in total. The predicted molar refractivity (Wildman–Crippen MR) is 116 cm³/mol. The van der Waals surface area contributed by atoms with Crippen LogP contribution in [-0.2, 0) is 26.0 Å². The van der Waals surface area contributed by atoms with E-state index in [2.05, 4.69) is 5.32 Å². The average molecular weight is 428 g/mol. The minimum absolute atomic E-state index is 0.000620. The molecule has 2 saturated heterocycles. The maximum absolute atomic E-state index is 12.6. The fraction of sp³-hybridized carbons (Fsp3) is 0.364. The summed E-state index contributed by atoms with van der Waals surface area (Å²) in [6.45, 7) is 1.50. The number of carbonyl (C=O) groups excluding carboxylic acids is 2. The monoisotopic (exact) mass is 427 g/mol. The Bertz CT molecular complexity index is 1020. The van der Waals surface area contributed by atoms with Crippen molar-refractivity contribution in [3.05, 3.63) is 60.2 Å². The van der Waals surface area contributed by atoms with Crippen LogP contribution in [0.1, 0.15) is 18.4 Å². The third-order valence-corrected chi connectivity index (χ3v) is 7.49. The van der Waals surface area contributed by atoms with E-state index in [9.17, 15) is 18.0 Å². The van der Waals surface area contributed by atoms with E-state index in [1.165, 1.54) is 9.87 Å². The van der Waals surface area contributed by atoms with E-state index in [0.717, 1.165) is 6.42 Å². The van der Waals surface area contributed by atoms with Crippen LogP contribution in [0, 0.1) is 5.92 Å². The van der Waals surface area contributed by atoms with Gasteiger partial charge in [0.05, 0.1) is 17.4 Å². The van der Waals surface area contributed by atoms with Crippen LogP contribution in [0.5, 0.6) is 0 Å². The third-order valence-electron chi connectivity index (χ3n) is 5.62. The topological polar surface area (TPSA) is 86.8 Å². The van der Waals surface area contributed by atoms with Gasteiger partial charge in [-0.05, 0) is 42.7 Å². The lowest BCUT2D eigenvalue weighted by Crippen LogP contribution is -2.30. The molecule has 2 heterocycles. The highest BCUT2D eigenvalue weighted by atomic mass is 32.2. The van der Waals surface area contributed by atoms with Crippen LogP contribution in [-0.4, -0.2) is 50.5 Å². The molecule has 2 aromatic rings. The molecular weight excluding hydrogens is 402 g/mol. The zero-order valence-electron chi connectivity index (χ0n) is 16.7. The zero-order chi connectivity index (χ0) is 21.1. The normalized spacial score (nSPS) is 20.5. The molecule has 30 heavy (non-hydrogen) atoms. The van der Waals surface area contributed by atoms with Crippen LogP contribution in [0.2, 0.25) is 0 Å². The predicted octanol–water partition coefficient (Wildman–Crippen LogP) is 2.26. The van der Waals surface area contributed by atoms with E-state index in [-0.39, 0.29) is 29.9 Å². The van der Waals surface area contributed by atoms with Gasteiger partial charge in [0.15, 0.2) is 0 Å². The summed E-state index contributed by atoms with van der Waals surface area (Å²) in [6, 6.07) is 16.8. The molecule has 8 heteroatoms. The third kappa shape index (κ3) is 4.48. The van der Waals surface area contributed by atoms with Crippen LogP contribution < -0.4 is 9.62 Å². The van der Waals surface area contributed by atoms with Crippen LogP contribution in [0.3, 0.4) is 0 Å².